The molecule has 0 aliphatic carbocycles. The van der Waals surface area contributed by atoms with Crippen LogP contribution in [0.1, 0.15) is 19.4 Å². The fourth-order valence-corrected chi connectivity index (χ4v) is 1.74. The molecule has 0 saturated carbocycles. The molecule has 3 nitrogen and oxygen atoms in total. The molecule has 1 aromatic carbocycles. The van der Waals surface area contributed by atoms with Gasteiger partial charge in [-0.05, 0) is 40.0 Å². The molecule has 0 fully saturated rings. The average Bonchev–Trinajstić information content (AvgIpc) is 2.10. The lowest BCUT2D eigenvalue weighted by Crippen LogP contribution is -2.07. The Bertz CT molecular complexity index is 363. The summed E-state index contributed by atoms with van der Waals surface area (Å²) in [6.45, 7) is 3.51. The minimum Gasteiger partial charge on any atom is -0.398 e. The Morgan fingerprint density at radius 2 is 2.21 bits per heavy atom. The number of nitrogens with one attached hydrogen (secondary N) is 1. The van der Waals surface area contributed by atoms with Gasteiger partial charge in [0.2, 0.25) is 5.91 Å². The lowest BCUT2D eigenvalue weighted by Gasteiger charge is -2.09. The van der Waals surface area contributed by atoms with E-state index in [1.54, 1.807) is 6.07 Å². The van der Waals surface area contributed by atoms with Crippen molar-refractivity contribution < 1.29 is 4.79 Å². The lowest BCUT2D eigenvalue weighted by atomic mass is 10.1. The number of hydrogen-bond donors (Lipinski definition) is 2. The molecular formula is C10H13BrN2O. The second-order valence-corrected chi connectivity index (χ2v) is 3.92. The van der Waals surface area contributed by atoms with Crippen LogP contribution in [0.5, 0.6) is 0 Å². The molecule has 1 aromatic rings. The molecule has 1 rings (SSSR count). The molecule has 1 amide bonds. The van der Waals surface area contributed by atoms with E-state index in [0.717, 1.165) is 27.8 Å². The molecule has 4 heteroatoms. The smallest absolute Gasteiger partial charge is 0.221 e. The number of carbonyl (C=O) groups is 1. The first-order valence-corrected chi connectivity index (χ1v) is 5.19. The van der Waals surface area contributed by atoms with Gasteiger partial charge in [-0.3, -0.25) is 4.79 Å². The summed E-state index contributed by atoms with van der Waals surface area (Å²) < 4.78 is 0.820. The van der Waals surface area contributed by atoms with Crippen molar-refractivity contribution in [3.63, 3.8) is 0 Å². The summed E-state index contributed by atoms with van der Waals surface area (Å²) >= 11 is 3.35. The van der Waals surface area contributed by atoms with Gasteiger partial charge in [0.1, 0.15) is 0 Å². The predicted molar refractivity (Wildman–Crippen MR) is 62.2 cm³/mol. The standard InChI is InChI=1S/C10H13BrN2O/c1-3-7-4-8(13-6(2)14)5-9(11)10(7)12/h4-5H,3,12H2,1-2H3,(H,13,14). The number of amides is 1. The van der Waals surface area contributed by atoms with Crippen LogP contribution in [0.3, 0.4) is 0 Å². The van der Waals surface area contributed by atoms with E-state index in [-0.39, 0.29) is 5.91 Å². The highest BCUT2D eigenvalue weighted by Gasteiger charge is 2.05. The van der Waals surface area contributed by atoms with E-state index < -0.39 is 0 Å². The van der Waals surface area contributed by atoms with E-state index in [1.807, 2.05) is 13.0 Å². The Morgan fingerprint density at radius 3 is 2.71 bits per heavy atom. The van der Waals surface area contributed by atoms with Crippen LogP contribution in [0.2, 0.25) is 0 Å². The zero-order valence-electron chi connectivity index (χ0n) is 8.23. The summed E-state index contributed by atoms with van der Waals surface area (Å²) in [6.07, 6.45) is 0.845. The largest absolute Gasteiger partial charge is 0.398 e. The summed E-state index contributed by atoms with van der Waals surface area (Å²) in [7, 11) is 0. The highest BCUT2D eigenvalue weighted by Crippen LogP contribution is 2.28. The molecule has 0 unspecified atom stereocenters. The number of nitrogens with two attached hydrogens (primary N) is 1. The summed E-state index contributed by atoms with van der Waals surface area (Å²) in [4.78, 5) is 10.9. The molecule has 0 radical (unpaired) electrons. The SMILES string of the molecule is CCc1cc(NC(C)=O)cc(Br)c1N. The highest BCUT2D eigenvalue weighted by molar-refractivity contribution is 9.10. The van der Waals surface area contributed by atoms with E-state index in [1.165, 1.54) is 6.92 Å². The molecule has 0 spiro atoms. The zero-order chi connectivity index (χ0) is 10.7. The summed E-state index contributed by atoms with van der Waals surface area (Å²) in [5.74, 6) is -0.0799. The van der Waals surface area contributed by atoms with Crippen LogP contribution in [-0.4, -0.2) is 5.91 Å². The van der Waals surface area contributed by atoms with Crippen molar-refractivity contribution in [3.05, 3.63) is 22.2 Å². The normalized spacial score (nSPS) is 9.93. The molecular weight excluding hydrogens is 244 g/mol. The zero-order valence-corrected chi connectivity index (χ0v) is 9.81. The Hall–Kier alpha value is -1.03. The number of carbonyl (C=O) groups excluding carboxylic acids is 1. The molecule has 0 aliphatic heterocycles. The molecule has 0 bridgehead atoms. The van der Waals surface area contributed by atoms with Crippen molar-refractivity contribution >= 4 is 33.2 Å². The first-order valence-electron chi connectivity index (χ1n) is 4.40. The van der Waals surface area contributed by atoms with Crippen molar-refractivity contribution in [1.82, 2.24) is 0 Å². The van der Waals surface area contributed by atoms with Gasteiger partial charge in [-0.2, -0.15) is 0 Å². The molecule has 14 heavy (non-hydrogen) atoms. The Labute approximate surface area is 91.8 Å². The van der Waals surface area contributed by atoms with Gasteiger partial charge in [0, 0.05) is 22.8 Å². The van der Waals surface area contributed by atoms with E-state index in [4.69, 9.17) is 5.73 Å². The van der Waals surface area contributed by atoms with Crippen molar-refractivity contribution in [2.45, 2.75) is 20.3 Å². The minimum absolute atomic E-state index is 0.0799. The molecule has 0 aliphatic rings. The number of anilines is 2. The van der Waals surface area contributed by atoms with Crippen molar-refractivity contribution in [2.75, 3.05) is 11.1 Å². The van der Waals surface area contributed by atoms with Crippen LogP contribution >= 0.6 is 15.9 Å². The van der Waals surface area contributed by atoms with Crippen LogP contribution < -0.4 is 11.1 Å². The minimum atomic E-state index is -0.0799. The second-order valence-electron chi connectivity index (χ2n) is 3.07. The van der Waals surface area contributed by atoms with Gasteiger partial charge in [0.05, 0.1) is 0 Å². The maximum atomic E-state index is 10.9. The molecule has 0 aromatic heterocycles. The van der Waals surface area contributed by atoms with E-state index in [2.05, 4.69) is 21.2 Å². The Morgan fingerprint density at radius 1 is 1.57 bits per heavy atom. The molecule has 3 N–H and O–H groups in total. The van der Waals surface area contributed by atoms with Gasteiger partial charge in [0.25, 0.3) is 0 Å². The van der Waals surface area contributed by atoms with E-state index >= 15 is 0 Å². The fraction of sp³-hybridized carbons (Fsp3) is 0.300. The highest BCUT2D eigenvalue weighted by atomic mass is 79.9. The fourth-order valence-electron chi connectivity index (χ4n) is 1.24. The molecule has 76 valence electrons. The number of nitrogen functional groups attached to an aromatic ring is 1. The number of hydrogen-bond acceptors (Lipinski definition) is 2. The van der Waals surface area contributed by atoms with Crippen LogP contribution in [0.4, 0.5) is 11.4 Å². The van der Waals surface area contributed by atoms with Crippen LogP contribution in [0.25, 0.3) is 0 Å². The third-order valence-corrected chi connectivity index (χ3v) is 2.57. The summed E-state index contributed by atoms with van der Waals surface area (Å²) in [6, 6.07) is 3.69. The number of rotatable bonds is 2. The van der Waals surface area contributed by atoms with Gasteiger partial charge < -0.3 is 11.1 Å². The maximum absolute atomic E-state index is 10.9. The average molecular weight is 257 g/mol. The Kier molecular flexibility index (Phi) is 3.52. The van der Waals surface area contributed by atoms with Gasteiger partial charge in [-0.25, -0.2) is 0 Å². The molecule has 0 saturated heterocycles. The third kappa shape index (κ3) is 2.48. The van der Waals surface area contributed by atoms with Gasteiger partial charge in [-0.15, -0.1) is 0 Å². The number of halogens is 1. The van der Waals surface area contributed by atoms with E-state index in [0.29, 0.717) is 0 Å². The predicted octanol–water partition coefficient (Wildman–Crippen LogP) is 2.55. The maximum Gasteiger partial charge on any atom is 0.221 e. The Balaban J connectivity index is 3.09. The van der Waals surface area contributed by atoms with Crippen LogP contribution in [-0.2, 0) is 11.2 Å². The van der Waals surface area contributed by atoms with Crippen LogP contribution in [0, 0.1) is 0 Å². The number of aryl methyl sites for hydroxylation is 1. The van der Waals surface area contributed by atoms with Crippen molar-refractivity contribution in [3.8, 4) is 0 Å². The van der Waals surface area contributed by atoms with Gasteiger partial charge in [0.15, 0.2) is 0 Å². The number of benzene rings is 1. The second kappa shape index (κ2) is 4.46. The first-order chi connectivity index (χ1) is 6.54. The quantitative estimate of drug-likeness (QED) is 0.800. The monoisotopic (exact) mass is 256 g/mol. The molecule has 0 heterocycles. The van der Waals surface area contributed by atoms with Crippen molar-refractivity contribution in [1.29, 1.82) is 0 Å². The topological polar surface area (TPSA) is 55.1 Å². The third-order valence-electron chi connectivity index (χ3n) is 1.92. The summed E-state index contributed by atoms with van der Waals surface area (Å²) in [5, 5.41) is 2.72. The van der Waals surface area contributed by atoms with Crippen molar-refractivity contribution in [2.24, 2.45) is 0 Å². The van der Waals surface area contributed by atoms with Crippen LogP contribution in [0.15, 0.2) is 16.6 Å². The molecule has 0 atom stereocenters. The van der Waals surface area contributed by atoms with Gasteiger partial charge in [-0.1, -0.05) is 6.92 Å². The lowest BCUT2D eigenvalue weighted by molar-refractivity contribution is -0.114. The summed E-state index contributed by atoms with van der Waals surface area (Å²) in [5.41, 5.74) is 8.38. The van der Waals surface area contributed by atoms with Gasteiger partial charge >= 0.3 is 0 Å². The first kappa shape index (κ1) is 11.0. The van der Waals surface area contributed by atoms with E-state index in [9.17, 15) is 4.79 Å².